The average molecular weight is 651 g/mol. The van der Waals surface area contributed by atoms with E-state index in [9.17, 15) is 31.2 Å². The fourth-order valence-electron chi connectivity index (χ4n) is 3.87. The van der Waals surface area contributed by atoms with Crippen LogP contribution in [0.25, 0.3) is 0 Å². The number of alkyl halides is 3. The van der Waals surface area contributed by atoms with Crippen LogP contribution in [0, 0.1) is 0 Å². The third-order valence-electron chi connectivity index (χ3n) is 6.06. The summed E-state index contributed by atoms with van der Waals surface area (Å²) in [7, 11) is -4.63. The van der Waals surface area contributed by atoms with E-state index < -0.39 is 51.9 Å². The molecule has 41 heavy (non-hydrogen) atoms. The number of nitrogens with one attached hydrogen (secondary N) is 1. The molecular formula is C27H25Cl3F3N3O4S. The summed E-state index contributed by atoms with van der Waals surface area (Å²) in [5.74, 6) is -1.48. The zero-order valence-corrected chi connectivity index (χ0v) is 24.8. The van der Waals surface area contributed by atoms with Gasteiger partial charge in [-0.3, -0.25) is 13.9 Å². The van der Waals surface area contributed by atoms with Gasteiger partial charge in [-0.05, 0) is 56.3 Å². The SMILES string of the molecule is CCNC(=O)[C@@H](C)N(Cc1c(Cl)cccc1Cl)C(=O)CN(c1cc(C(F)(F)F)ccc1Cl)S(=O)(=O)c1ccccc1. The highest BCUT2D eigenvalue weighted by Crippen LogP contribution is 2.37. The van der Waals surface area contributed by atoms with Gasteiger partial charge in [0.1, 0.15) is 12.6 Å². The Kier molecular flexibility index (Phi) is 10.6. The van der Waals surface area contributed by atoms with Crippen LogP contribution in [0.3, 0.4) is 0 Å². The fourth-order valence-corrected chi connectivity index (χ4v) is 6.10. The summed E-state index contributed by atoms with van der Waals surface area (Å²) in [4.78, 5) is 27.4. The topological polar surface area (TPSA) is 86.8 Å². The number of hydrogen-bond donors (Lipinski definition) is 1. The van der Waals surface area contributed by atoms with Crippen molar-refractivity contribution < 1.29 is 31.2 Å². The number of nitrogens with zero attached hydrogens (tertiary/aromatic N) is 2. The Balaban J connectivity index is 2.16. The molecule has 0 aliphatic rings. The van der Waals surface area contributed by atoms with Crippen LogP contribution in [0.1, 0.15) is 25.0 Å². The van der Waals surface area contributed by atoms with Gasteiger partial charge in [0.25, 0.3) is 10.0 Å². The summed E-state index contributed by atoms with van der Waals surface area (Å²) < 4.78 is 68.8. The Morgan fingerprint density at radius 1 is 0.927 bits per heavy atom. The number of benzene rings is 3. The summed E-state index contributed by atoms with van der Waals surface area (Å²) in [6.07, 6.45) is -4.83. The van der Waals surface area contributed by atoms with Crippen molar-refractivity contribution in [3.05, 3.63) is 92.9 Å². The first-order valence-electron chi connectivity index (χ1n) is 12.1. The summed E-state index contributed by atoms with van der Waals surface area (Å²) in [5, 5.41) is 2.62. The minimum atomic E-state index is -4.83. The highest BCUT2D eigenvalue weighted by Gasteiger charge is 2.36. The van der Waals surface area contributed by atoms with Gasteiger partial charge in [-0.2, -0.15) is 13.2 Å². The zero-order chi connectivity index (χ0) is 30.5. The summed E-state index contributed by atoms with van der Waals surface area (Å²) >= 11 is 18.8. The van der Waals surface area contributed by atoms with Gasteiger partial charge in [0.2, 0.25) is 11.8 Å². The third-order valence-corrected chi connectivity index (χ3v) is 8.86. The van der Waals surface area contributed by atoms with Crippen molar-refractivity contribution in [2.24, 2.45) is 0 Å². The minimum absolute atomic E-state index is 0.188. The maximum atomic E-state index is 13.9. The van der Waals surface area contributed by atoms with Crippen LogP contribution in [0.15, 0.2) is 71.6 Å². The molecule has 0 spiro atoms. The van der Waals surface area contributed by atoms with Gasteiger partial charge in [-0.15, -0.1) is 0 Å². The van der Waals surface area contributed by atoms with Crippen molar-refractivity contribution in [1.82, 2.24) is 10.2 Å². The molecule has 0 heterocycles. The van der Waals surface area contributed by atoms with E-state index in [-0.39, 0.29) is 38.6 Å². The molecule has 0 radical (unpaired) electrons. The molecule has 3 rings (SSSR count). The lowest BCUT2D eigenvalue weighted by Gasteiger charge is -2.32. The van der Waals surface area contributed by atoms with Crippen LogP contribution in [-0.2, 0) is 32.3 Å². The van der Waals surface area contributed by atoms with Crippen molar-refractivity contribution >= 4 is 62.3 Å². The number of halogens is 6. The molecule has 3 aromatic rings. The molecule has 0 bridgehead atoms. The molecule has 0 saturated heterocycles. The van der Waals surface area contributed by atoms with Gasteiger partial charge in [0, 0.05) is 28.7 Å². The van der Waals surface area contributed by atoms with Crippen LogP contribution in [0.5, 0.6) is 0 Å². The molecule has 0 fully saturated rings. The number of hydrogen-bond acceptors (Lipinski definition) is 4. The van der Waals surface area contributed by atoms with Gasteiger partial charge in [0.05, 0.1) is 21.2 Å². The number of likely N-dealkylation sites (N-methyl/N-ethyl adjacent to an activating group) is 1. The molecule has 1 atom stereocenters. The highest BCUT2D eigenvalue weighted by molar-refractivity contribution is 7.92. The van der Waals surface area contributed by atoms with Crippen molar-refractivity contribution in [2.45, 2.75) is 37.5 Å². The van der Waals surface area contributed by atoms with Crippen molar-refractivity contribution in [3.8, 4) is 0 Å². The van der Waals surface area contributed by atoms with E-state index in [0.29, 0.717) is 16.4 Å². The van der Waals surface area contributed by atoms with Gasteiger partial charge in [-0.25, -0.2) is 8.42 Å². The van der Waals surface area contributed by atoms with E-state index in [1.165, 1.54) is 43.3 Å². The highest BCUT2D eigenvalue weighted by atomic mass is 35.5. The second-order valence-electron chi connectivity index (χ2n) is 8.78. The van der Waals surface area contributed by atoms with Crippen LogP contribution in [-0.4, -0.2) is 44.3 Å². The molecule has 7 nitrogen and oxygen atoms in total. The Morgan fingerprint density at radius 3 is 2.10 bits per heavy atom. The summed E-state index contributed by atoms with van der Waals surface area (Å²) in [5.41, 5.74) is -1.46. The molecular weight excluding hydrogens is 626 g/mol. The van der Waals surface area contributed by atoms with E-state index >= 15 is 0 Å². The van der Waals surface area contributed by atoms with Gasteiger partial charge < -0.3 is 10.2 Å². The van der Waals surface area contributed by atoms with E-state index in [0.717, 1.165) is 11.0 Å². The van der Waals surface area contributed by atoms with Crippen LogP contribution >= 0.6 is 34.8 Å². The van der Waals surface area contributed by atoms with Gasteiger partial charge in [0.15, 0.2) is 0 Å². The quantitative estimate of drug-likeness (QED) is 0.275. The average Bonchev–Trinajstić information content (AvgIpc) is 2.91. The second-order valence-corrected chi connectivity index (χ2v) is 11.9. The standard InChI is InChI=1S/C27H25Cl3F3N3O4S/c1-3-34-26(38)17(2)35(15-20-21(28)10-7-11-22(20)29)25(37)16-36(41(39,40)19-8-5-4-6-9-19)24-14-18(27(31,32)33)12-13-23(24)30/h4-14,17H,3,15-16H2,1-2H3,(H,34,38)/t17-/m1/s1. The Hall–Kier alpha value is -2.99. The first kappa shape index (κ1) is 32.5. The van der Waals surface area contributed by atoms with Crippen molar-refractivity contribution in [1.29, 1.82) is 0 Å². The van der Waals surface area contributed by atoms with Gasteiger partial charge in [-0.1, -0.05) is 59.1 Å². The molecule has 0 aliphatic carbocycles. The molecule has 1 N–H and O–H groups in total. The van der Waals surface area contributed by atoms with Crippen LogP contribution < -0.4 is 9.62 Å². The molecule has 2 amide bonds. The monoisotopic (exact) mass is 649 g/mol. The molecule has 0 saturated carbocycles. The molecule has 14 heteroatoms. The van der Waals surface area contributed by atoms with E-state index in [4.69, 9.17) is 34.8 Å². The number of rotatable bonds is 10. The molecule has 3 aromatic carbocycles. The predicted octanol–water partition coefficient (Wildman–Crippen LogP) is 6.41. The number of anilines is 1. The first-order chi connectivity index (χ1) is 19.2. The zero-order valence-electron chi connectivity index (χ0n) is 21.8. The van der Waals surface area contributed by atoms with Gasteiger partial charge >= 0.3 is 6.18 Å². The van der Waals surface area contributed by atoms with Crippen molar-refractivity contribution in [2.75, 3.05) is 17.4 Å². The largest absolute Gasteiger partial charge is 0.416 e. The van der Waals surface area contributed by atoms with Crippen molar-refractivity contribution in [3.63, 3.8) is 0 Å². The van der Waals surface area contributed by atoms with E-state index in [2.05, 4.69) is 5.32 Å². The Morgan fingerprint density at radius 2 is 1.54 bits per heavy atom. The van der Waals surface area contributed by atoms with Crippen LogP contribution in [0.2, 0.25) is 15.1 Å². The maximum absolute atomic E-state index is 13.9. The number of amides is 2. The lowest BCUT2D eigenvalue weighted by Crippen LogP contribution is -2.51. The molecule has 220 valence electrons. The molecule has 0 aromatic heterocycles. The lowest BCUT2D eigenvalue weighted by atomic mass is 10.1. The smallest absolute Gasteiger partial charge is 0.355 e. The lowest BCUT2D eigenvalue weighted by molar-refractivity contribution is -0.139. The minimum Gasteiger partial charge on any atom is -0.355 e. The maximum Gasteiger partial charge on any atom is 0.416 e. The first-order valence-corrected chi connectivity index (χ1v) is 14.7. The number of carbonyl (C=O) groups is 2. The molecule has 0 unspecified atom stereocenters. The fraction of sp³-hybridized carbons (Fsp3) is 0.259. The third kappa shape index (κ3) is 7.65. The predicted molar refractivity (Wildman–Crippen MR) is 153 cm³/mol. The van der Waals surface area contributed by atoms with E-state index in [1.807, 2.05) is 0 Å². The summed E-state index contributed by atoms with van der Waals surface area (Å²) in [6.45, 7) is 2.04. The second kappa shape index (κ2) is 13.3. The normalized spacial score (nSPS) is 12.5. The Labute approximate surface area is 250 Å². The molecule has 0 aliphatic heterocycles. The van der Waals surface area contributed by atoms with Crippen LogP contribution in [0.4, 0.5) is 18.9 Å². The number of sulfonamides is 1. The summed E-state index contributed by atoms with van der Waals surface area (Å²) in [6, 6.07) is 12.5. The Bertz CT molecular complexity index is 1500. The number of carbonyl (C=O) groups excluding carboxylic acids is 2. The van der Waals surface area contributed by atoms with E-state index in [1.54, 1.807) is 19.1 Å².